The number of hydrogen-bond donors (Lipinski definition) is 4. The Bertz CT molecular complexity index is 545. The van der Waals surface area contributed by atoms with Crippen molar-refractivity contribution in [2.45, 2.75) is 31.5 Å². The fourth-order valence-corrected chi connectivity index (χ4v) is 2.00. The summed E-state index contributed by atoms with van der Waals surface area (Å²) < 4.78 is 10.4. The zero-order valence-electron chi connectivity index (χ0n) is 11.8. The minimum absolute atomic E-state index is 0.220. The molecule has 4 unspecified atom stereocenters. The Kier molecular flexibility index (Phi) is 5.09. The van der Waals surface area contributed by atoms with Gasteiger partial charge in [0, 0.05) is 12.6 Å². The molecule has 120 valence electrons. The van der Waals surface area contributed by atoms with Crippen molar-refractivity contribution >= 4 is 17.4 Å². The van der Waals surface area contributed by atoms with Crippen LogP contribution in [-0.4, -0.2) is 58.2 Å². The standard InChI is InChI=1S/C14H17NO7/c1-7(17)15-8-2-4-9(5-3-8)21-14-13(20)12(19)11(18)10(6-16)22-14/h2-5,10-12,14,16,18-19H,6H2,1H3,(H,15,17). The Morgan fingerprint density at radius 3 is 2.50 bits per heavy atom. The zero-order chi connectivity index (χ0) is 16.3. The Balaban J connectivity index is 2.05. The molecule has 0 aliphatic carbocycles. The van der Waals surface area contributed by atoms with Gasteiger partial charge in [-0.1, -0.05) is 0 Å². The minimum atomic E-state index is -1.69. The molecule has 0 bridgehead atoms. The fourth-order valence-electron chi connectivity index (χ4n) is 2.00. The van der Waals surface area contributed by atoms with Crippen molar-refractivity contribution in [3.63, 3.8) is 0 Å². The third-order valence-corrected chi connectivity index (χ3v) is 3.12. The molecular formula is C14H17NO7. The summed E-state index contributed by atoms with van der Waals surface area (Å²) in [7, 11) is 0. The van der Waals surface area contributed by atoms with E-state index in [0.717, 1.165) is 0 Å². The number of aliphatic hydroxyl groups excluding tert-OH is 3. The predicted molar refractivity (Wildman–Crippen MR) is 74.1 cm³/mol. The number of aliphatic hydroxyl groups is 3. The second kappa shape index (κ2) is 6.84. The molecule has 0 aromatic heterocycles. The van der Waals surface area contributed by atoms with Gasteiger partial charge in [-0.25, -0.2) is 0 Å². The smallest absolute Gasteiger partial charge is 0.263 e. The van der Waals surface area contributed by atoms with Gasteiger partial charge in [0.1, 0.15) is 24.1 Å². The Hall–Kier alpha value is -2.00. The predicted octanol–water partition coefficient (Wildman–Crippen LogP) is -0.968. The molecule has 1 aromatic rings. The van der Waals surface area contributed by atoms with Crippen LogP contribution in [0.25, 0.3) is 0 Å². The number of ketones is 1. The van der Waals surface area contributed by atoms with Crippen molar-refractivity contribution < 1.29 is 34.4 Å². The van der Waals surface area contributed by atoms with Gasteiger partial charge in [0.2, 0.25) is 11.7 Å². The second-order valence-corrected chi connectivity index (χ2v) is 4.85. The van der Waals surface area contributed by atoms with Crippen molar-refractivity contribution in [1.82, 2.24) is 0 Å². The van der Waals surface area contributed by atoms with Gasteiger partial charge in [-0.15, -0.1) is 0 Å². The van der Waals surface area contributed by atoms with E-state index in [2.05, 4.69) is 5.32 Å². The highest BCUT2D eigenvalue weighted by Crippen LogP contribution is 2.22. The average Bonchev–Trinajstić information content (AvgIpc) is 2.49. The van der Waals surface area contributed by atoms with Crippen LogP contribution < -0.4 is 10.1 Å². The molecule has 0 saturated carbocycles. The lowest BCUT2D eigenvalue weighted by molar-refractivity contribution is -0.219. The number of carbonyl (C=O) groups excluding carboxylic acids is 2. The third kappa shape index (κ3) is 3.60. The lowest BCUT2D eigenvalue weighted by Crippen LogP contribution is -2.57. The summed E-state index contributed by atoms with van der Waals surface area (Å²) in [5.41, 5.74) is 0.555. The Morgan fingerprint density at radius 2 is 1.95 bits per heavy atom. The molecule has 4 N–H and O–H groups in total. The molecule has 8 nitrogen and oxygen atoms in total. The number of hydrogen-bond acceptors (Lipinski definition) is 7. The molecule has 1 fully saturated rings. The molecular weight excluding hydrogens is 294 g/mol. The minimum Gasteiger partial charge on any atom is -0.457 e. The number of rotatable bonds is 4. The van der Waals surface area contributed by atoms with Gasteiger partial charge < -0.3 is 30.1 Å². The van der Waals surface area contributed by atoms with Gasteiger partial charge in [-0.05, 0) is 24.3 Å². The summed E-state index contributed by atoms with van der Waals surface area (Å²) in [6, 6.07) is 6.15. The summed E-state index contributed by atoms with van der Waals surface area (Å²) in [5.74, 6) is -0.779. The third-order valence-electron chi connectivity index (χ3n) is 3.12. The van der Waals surface area contributed by atoms with E-state index in [0.29, 0.717) is 5.69 Å². The van der Waals surface area contributed by atoms with E-state index >= 15 is 0 Å². The zero-order valence-corrected chi connectivity index (χ0v) is 11.8. The highest BCUT2D eigenvalue weighted by Gasteiger charge is 2.44. The van der Waals surface area contributed by atoms with Crippen LogP contribution >= 0.6 is 0 Å². The maximum atomic E-state index is 11.8. The van der Waals surface area contributed by atoms with Crippen LogP contribution in [0, 0.1) is 0 Å². The summed E-state index contributed by atoms with van der Waals surface area (Å²) in [6.45, 7) is 0.813. The number of carbonyl (C=O) groups is 2. The Labute approximate surface area is 126 Å². The van der Waals surface area contributed by atoms with E-state index < -0.39 is 37.0 Å². The monoisotopic (exact) mass is 311 g/mol. The normalized spacial score (nSPS) is 28.3. The summed E-state index contributed by atoms with van der Waals surface area (Å²) >= 11 is 0. The fraction of sp³-hybridized carbons (Fsp3) is 0.429. The maximum absolute atomic E-state index is 11.8. The molecule has 1 aromatic carbocycles. The average molecular weight is 311 g/mol. The van der Waals surface area contributed by atoms with E-state index in [1.807, 2.05) is 0 Å². The van der Waals surface area contributed by atoms with Crippen LogP contribution in [0.1, 0.15) is 6.92 Å². The highest BCUT2D eigenvalue weighted by atomic mass is 16.7. The second-order valence-electron chi connectivity index (χ2n) is 4.85. The molecule has 2 rings (SSSR count). The van der Waals surface area contributed by atoms with Gasteiger partial charge in [0.25, 0.3) is 6.29 Å². The first-order chi connectivity index (χ1) is 10.4. The quantitative estimate of drug-likeness (QED) is 0.564. The first-order valence-electron chi connectivity index (χ1n) is 6.63. The molecule has 0 spiro atoms. The van der Waals surface area contributed by atoms with Gasteiger partial charge in [0.05, 0.1) is 6.61 Å². The van der Waals surface area contributed by atoms with Crippen molar-refractivity contribution in [3.8, 4) is 5.75 Å². The van der Waals surface area contributed by atoms with E-state index in [-0.39, 0.29) is 11.7 Å². The highest BCUT2D eigenvalue weighted by molar-refractivity contribution is 5.89. The maximum Gasteiger partial charge on any atom is 0.263 e. The topological polar surface area (TPSA) is 125 Å². The van der Waals surface area contributed by atoms with Crippen LogP contribution in [0.4, 0.5) is 5.69 Å². The number of Topliss-reactive ketones (excluding diaryl/α,β-unsaturated/α-hetero) is 1. The van der Waals surface area contributed by atoms with Gasteiger partial charge >= 0.3 is 0 Å². The van der Waals surface area contributed by atoms with Gasteiger partial charge in [0.15, 0.2) is 0 Å². The van der Waals surface area contributed by atoms with Crippen LogP contribution in [0.3, 0.4) is 0 Å². The number of nitrogens with one attached hydrogen (secondary N) is 1. The summed E-state index contributed by atoms with van der Waals surface area (Å²) in [6.07, 6.45) is -5.73. The first kappa shape index (κ1) is 16.4. The number of amides is 1. The molecule has 1 aliphatic rings. The summed E-state index contributed by atoms with van der Waals surface area (Å²) in [4.78, 5) is 22.7. The largest absolute Gasteiger partial charge is 0.457 e. The summed E-state index contributed by atoms with van der Waals surface area (Å²) in [5, 5.41) is 30.8. The first-order valence-corrected chi connectivity index (χ1v) is 6.63. The van der Waals surface area contributed by atoms with Crippen LogP contribution in [0.15, 0.2) is 24.3 Å². The van der Waals surface area contributed by atoms with E-state index in [1.165, 1.54) is 19.1 Å². The molecule has 1 heterocycles. The van der Waals surface area contributed by atoms with Crippen LogP contribution in [0.5, 0.6) is 5.75 Å². The number of benzene rings is 1. The molecule has 1 saturated heterocycles. The van der Waals surface area contributed by atoms with E-state index in [9.17, 15) is 19.8 Å². The molecule has 8 heteroatoms. The SMILES string of the molecule is CC(=O)Nc1ccc(OC2OC(CO)C(O)C(O)C2=O)cc1. The lowest BCUT2D eigenvalue weighted by Gasteiger charge is -2.34. The molecule has 1 amide bonds. The van der Waals surface area contributed by atoms with E-state index in [1.54, 1.807) is 12.1 Å². The molecule has 0 radical (unpaired) electrons. The Morgan fingerprint density at radius 1 is 1.32 bits per heavy atom. The molecule has 1 aliphatic heterocycles. The molecule has 4 atom stereocenters. The van der Waals surface area contributed by atoms with Crippen molar-refractivity contribution in [3.05, 3.63) is 24.3 Å². The lowest BCUT2D eigenvalue weighted by atomic mass is 10.0. The number of anilines is 1. The van der Waals surface area contributed by atoms with Crippen molar-refractivity contribution in [2.24, 2.45) is 0 Å². The number of ether oxygens (including phenoxy) is 2. The van der Waals surface area contributed by atoms with Gasteiger partial charge in [-0.2, -0.15) is 0 Å². The molecule has 22 heavy (non-hydrogen) atoms. The van der Waals surface area contributed by atoms with Crippen LogP contribution in [-0.2, 0) is 14.3 Å². The van der Waals surface area contributed by atoms with Crippen molar-refractivity contribution in [2.75, 3.05) is 11.9 Å². The van der Waals surface area contributed by atoms with Crippen LogP contribution in [0.2, 0.25) is 0 Å². The van der Waals surface area contributed by atoms with Crippen molar-refractivity contribution in [1.29, 1.82) is 0 Å². The van der Waals surface area contributed by atoms with Gasteiger partial charge in [-0.3, -0.25) is 9.59 Å². The van der Waals surface area contributed by atoms with E-state index in [4.69, 9.17) is 14.6 Å².